The van der Waals surface area contributed by atoms with Gasteiger partial charge in [-0.15, -0.1) is 10.2 Å². The third-order valence-corrected chi connectivity index (χ3v) is 3.92. The van der Waals surface area contributed by atoms with Gasteiger partial charge in [-0.05, 0) is 31.0 Å². The quantitative estimate of drug-likeness (QED) is 0.803. The maximum Gasteiger partial charge on any atom is 0.293 e. The van der Waals surface area contributed by atoms with E-state index in [-0.39, 0.29) is 11.2 Å². The first kappa shape index (κ1) is 14.4. The van der Waals surface area contributed by atoms with E-state index in [9.17, 15) is 9.59 Å². The predicted octanol–water partition coefficient (Wildman–Crippen LogP) is 2.77. The molecule has 0 spiro atoms. The van der Waals surface area contributed by atoms with Crippen LogP contribution in [0.2, 0.25) is 0 Å². The van der Waals surface area contributed by atoms with Gasteiger partial charge in [-0.25, -0.2) is 0 Å². The smallest absolute Gasteiger partial charge is 0.293 e. The number of hydrogen-bond donors (Lipinski definition) is 1. The Morgan fingerprint density at radius 3 is 2.82 bits per heavy atom. The predicted molar refractivity (Wildman–Crippen MR) is 84.5 cm³/mol. The number of aryl methyl sites for hydroxylation is 2. The highest BCUT2D eigenvalue weighted by Gasteiger charge is 2.14. The van der Waals surface area contributed by atoms with Crippen LogP contribution in [0.5, 0.6) is 0 Å². The number of rotatable bonds is 3. The molecule has 0 unspecified atom stereocenters. The van der Waals surface area contributed by atoms with Crippen LogP contribution in [-0.4, -0.2) is 16.1 Å². The molecular weight excluding hydrogens is 302 g/mol. The zero-order chi connectivity index (χ0) is 15.7. The number of carbonyl (C=O) groups is 1. The van der Waals surface area contributed by atoms with Crippen molar-refractivity contribution in [2.75, 3.05) is 5.32 Å². The van der Waals surface area contributed by atoms with Crippen LogP contribution in [0.3, 0.4) is 0 Å². The molecule has 7 heteroatoms. The topological polar surface area (TPSA) is 85.1 Å². The van der Waals surface area contributed by atoms with Gasteiger partial charge in [0.25, 0.3) is 5.91 Å². The molecule has 2 aromatic heterocycles. The molecule has 6 nitrogen and oxygen atoms in total. The second kappa shape index (κ2) is 5.69. The molecule has 1 aromatic carbocycles. The number of hydrogen-bond acceptors (Lipinski definition) is 6. The van der Waals surface area contributed by atoms with Crippen molar-refractivity contribution in [1.29, 1.82) is 0 Å². The highest BCUT2D eigenvalue weighted by molar-refractivity contribution is 7.15. The average molecular weight is 315 g/mol. The van der Waals surface area contributed by atoms with Crippen LogP contribution >= 0.6 is 11.3 Å². The zero-order valence-corrected chi connectivity index (χ0v) is 12.9. The van der Waals surface area contributed by atoms with Gasteiger partial charge in [0.2, 0.25) is 5.13 Å². The third-order valence-electron chi connectivity index (χ3n) is 3.17. The van der Waals surface area contributed by atoms with E-state index in [0.717, 1.165) is 17.0 Å². The van der Waals surface area contributed by atoms with Gasteiger partial charge < -0.3 is 4.42 Å². The van der Waals surface area contributed by atoms with Crippen molar-refractivity contribution < 1.29 is 9.21 Å². The Morgan fingerprint density at radius 1 is 1.32 bits per heavy atom. The van der Waals surface area contributed by atoms with E-state index in [1.807, 2.05) is 13.0 Å². The Hall–Kier alpha value is -2.54. The fourth-order valence-electron chi connectivity index (χ4n) is 2.04. The highest BCUT2D eigenvalue weighted by Crippen LogP contribution is 2.18. The summed E-state index contributed by atoms with van der Waals surface area (Å²) in [5.74, 6) is -0.565. The molecule has 3 aromatic rings. The Morgan fingerprint density at radius 2 is 2.14 bits per heavy atom. The van der Waals surface area contributed by atoms with Crippen LogP contribution in [0.1, 0.15) is 28.0 Å². The fourth-order valence-corrected chi connectivity index (χ4v) is 2.63. The molecule has 0 saturated carbocycles. The molecule has 2 heterocycles. The minimum Gasteiger partial charge on any atom is -0.451 e. The normalized spacial score (nSPS) is 10.8. The third kappa shape index (κ3) is 2.75. The average Bonchev–Trinajstić information content (AvgIpc) is 2.92. The summed E-state index contributed by atoms with van der Waals surface area (Å²) >= 11 is 1.25. The molecule has 1 N–H and O–H groups in total. The van der Waals surface area contributed by atoms with E-state index in [0.29, 0.717) is 16.1 Å². The standard InChI is InChI=1S/C15H13N3O3S/c1-3-9-4-5-12-10(6-9)11(19)7-13(21-12)14(20)16-15-18-17-8(2)22-15/h4-7H,3H2,1-2H3,(H,16,18,20). The van der Waals surface area contributed by atoms with Crippen LogP contribution in [0.25, 0.3) is 11.0 Å². The SMILES string of the molecule is CCc1ccc2oc(C(=O)Nc3nnc(C)s3)cc(=O)c2c1. The van der Waals surface area contributed by atoms with Gasteiger partial charge in [0, 0.05) is 6.07 Å². The van der Waals surface area contributed by atoms with Crippen LogP contribution in [0.4, 0.5) is 5.13 Å². The molecule has 0 aliphatic carbocycles. The molecule has 0 saturated heterocycles. The first-order valence-electron chi connectivity index (χ1n) is 6.75. The summed E-state index contributed by atoms with van der Waals surface area (Å²) in [6.45, 7) is 3.80. The molecule has 0 radical (unpaired) electrons. The molecule has 0 fully saturated rings. The highest BCUT2D eigenvalue weighted by atomic mass is 32.1. The van der Waals surface area contributed by atoms with Gasteiger partial charge in [-0.2, -0.15) is 0 Å². The number of carbonyl (C=O) groups excluding carboxylic acids is 1. The number of nitrogens with zero attached hydrogens (tertiary/aromatic N) is 2. The van der Waals surface area contributed by atoms with E-state index in [2.05, 4.69) is 15.5 Å². The van der Waals surface area contributed by atoms with Gasteiger partial charge in [-0.3, -0.25) is 14.9 Å². The summed E-state index contributed by atoms with van der Waals surface area (Å²) in [6, 6.07) is 6.57. The number of anilines is 1. The molecule has 112 valence electrons. The largest absolute Gasteiger partial charge is 0.451 e. The van der Waals surface area contributed by atoms with E-state index in [1.54, 1.807) is 19.1 Å². The van der Waals surface area contributed by atoms with Crippen molar-refractivity contribution in [2.45, 2.75) is 20.3 Å². The molecule has 1 amide bonds. The van der Waals surface area contributed by atoms with Gasteiger partial charge in [-0.1, -0.05) is 24.3 Å². The van der Waals surface area contributed by atoms with Gasteiger partial charge in [0.05, 0.1) is 5.39 Å². The van der Waals surface area contributed by atoms with Crippen molar-refractivity contribution >= 4 is 33.3 Å². The maximum absolute atomic E-state index is 12.2. The van der Waals surface area contributed by atoms with Crippen LogP contribution in [0, 0.1) is 6.92 Å². The zero-order valence-electron chi connectivity index (χ0n) is 12.0. The van der Waals surface area contributed by atoms with E-state index in [4.69, 9.17) is 4.42 Å². The van der Waals surface area contributed by atoms with E-state index in [1.165, 1.54) is 17.4 Å². The first-order valence-corrected chi connectivity index (χ1v) is 7.56. The second-order valence-electron chi connectivity index (χ2n) is 4.74. The molecule has 0 aliphatic heterocycles. The summed E-state index contributed by atoms with van der Waals surface area (Å²) in [5.41, 5.74) is 1.19. The number of amides is 1. The van der Waals surface area contributed by atoms with Gasteiger partial charge in [0.1, 0.15) is 10.6 Å². The Bertz CT molecular complexity index is 914. The van der Waals surface area contributed by atoms with E-state index >= 15 is 0 Å². The van der Waals surface area contributed by atoms with Crippen molar-refractivity contribution in [3.63, 3.8) is 0 Å². The van der Waals surface area contributed by atoms with Crippen molar-refractivity contribution in [2.24, 2.45) is 0 Å². The van der Waals surface area contributed by atoms with Crippen LogP contribution in [-0.2, 0) is 6.42 Å². The van der Waals surface area contributed by atoms with Gasteiger partial charge in [0.15, 0.2) is 11.2 Å². The fraction of sp³-hybridized carbons (Fsp3) is 0.200. The lowest BCUT2D eigenvalue weighted by molar-refractivity contribution is 0.0997. The maximum atomic E-state index is 12.2. The van der Waals surface area contributed by atoms with Crippen LogP contribution in [0.15, 0.2) is 33.5 Å². The minimum atomic E-state index is -0.519. The number of aromatic nitrogens is 2. The minimum absolute atomic E-state index is 0.0467. The molecule has 0 atom stereocenters. The molecule has 0 aliphatic rings. The number of benzene rings is 1. The number of fused-ring (bicyclic) bond motifs is 1. The van der Waals surface area contributed by atoms with Crippen molar-refractivity contribution in [3.8, 4) is 0 Å². The molecule has 3 rings (SSSR count). The summed E-state index contributed by atoms with van der Waals surface area (Å²) in [6.07, 6.45) is 0.827. The lowest BCUT2D eigenvalue weighted by Gasteiger charge is -2.04. The Balaban J connectivity index is 1.97. The Labute approximate surface area is 129 Å². The molecule has 22 heavy (non-hydrogen) atoms. The monoisotopic (exact) mass is 315 g/mol. The van der Waals surface area contributed by atoms with Crippen LogP contribution < -0.4 is 10.7 Å². The summed E-state index contributed by atoms with van der Waals surface area (Å²) in [5, 5.41) is 11.8. The second-order valence-corrected chi connectivity index (χ2v) is 5.92. The Kier molecular flexibility index (Phi) is 3.72. The van der Waals surface area contributed by atoms with Gasteiger partial charge >= 0.3 is 0 Å². The first-order chi connectivity index (χ1) is 10.6. The summed E-state index contributed by atoms with van der Waals surface area (Å²) in [7, 11) is 0. The van der Waals surface area contributed by atoms with E-state index < -0.39 is 5.91 Å². The number of nitrogens with one attached hydrogen (secondary N) is 1. The lowest BCUT2D eigenvalue weighted by atomic mass is 10.1. The summed E-state index contributed by atoms with van der Waals surface area (Å²) < 4.78 is 5.53. The molecular formula is C15H13N3O3S. The lowest BCUT2D eigenvalue weighted by Crippen LogP contribution is -2.15. The van der Waals surface area contributed by atoms with Crippen molar-refractivity contribution in [3.05, 3.63) is 50.8 Å². The summed E-state index contributed by atoms with van der Waals surface area (Å²) in [4.78, 5) is 24.3. The van der Waals surface area contributed by atoms with Crippen molar-refractivity contribution in [1.82, 2.24) is 10.2 Å². The molecule has 0 bridgehead atoms.